The summed E-state index contributed by atoms with van der Waals surface area (Å²) in [7, 11) is 3.34. The predicted molar refractivity (Wildman–Crippen MR) is 79.3 cm³/mol. The second kappa shape index (κ2) is 6.64. The van der Waals surface area contributed by atoms with E-state index in [1.165, 1.54) is 9.80 Å². The number of nitrogens with zero attached hydrogens (tertiary/aromatic N) is 3. The van der Waals surface area contributed by atoms with E-state index in [-0.39, 0.29) is 24.9 Å². The van der Waals surface area contributed by atoms with E-state index in [9.17, 15) is 14.4 Å². The van der Waals surface area contributed by atoms with Gasteiger partial charge in [-0.05, 0) is 25.0 Å². The van der Waals surface area contributed by atoms with Gasteiger partial charge in [0.2, 0.25) is 5.91 Å². The van der Waals surface area contributed by atoms with Crippen molar-refractivity contribution in [2.24, 2.45) is 13.0 Å². The van der Waals surface area contributed by atoms with Crippen LogP contribution >= 0.6 is 0 Å². The van der Waals surface area contributed by atoms with Crippen molar-refractivity contribution in [2.45, 2.75) is 12.8 Å². The molecule has 1 aliphatic rings. The first-order valence-electron chi connectivity index (χ1n) is 7.27. The SMILES string of the molecule is CN(CC(=O)N1CCCC(C(=O)O)C1)C(=O)c1cccn1C. The average molecular weight is 307 g/mol. The Morgan fingerprint density at radius 2 is 2.14 bits per heavy atom. The Morgan fingerprint density at radius 3 is 2.73 bits per heavy atom. The molecule has 1 atom stereocenters. The molecule has 0 saturated carbocycles. The van der Waals surface area contributed by atoms with Crippen LogP contribution in [0.5, 0.6) is 0 Å². The molecule has 1 N–H and O–H groups in total. The normalized spacial score (nSPS) is 18.1. The summed E-state index contributed by atoms with van der Waals surface area (Å²) in [5.74, 6) is -1.82. The third kappa shape index (κ3) is 3.47. The summed E-state index contributed by atoms with van der Waals surface area (Å²) in [6, 6.07) is 3.47. The van der Waals surface area contributed by atoms with Crippen LogP contribution in [-0.2, 0) is 16.6 Å². The second-order valence-corrected chi connectivity index (χ2v) is 5.68. The maximum atomic E-state index is 12.3. The van der Waals surface area contributed by atoms with E-state index >= 15 is 0 Å². The molecule has 22 heavy (non-hydrogen) atoms. The van der Waals surface area contributed by atoms with Crippen LogP contribution in [0.4, 0.5) is 0 Å². The molecule has 120 valence electrons. The van der Waals surface area contributed by atoms with Crippen molar-refractivity contribution >= 4 is 17.8 Å². The van der Waals surface area contributed by atoms with Gasteiger partial charge in [-0.15, -0.1) is 0 Å². The molecule has 1 aromatic heterocycles. The molecular formula is C15H21N3O4. The lowest BCUT2D eigenvalue weighted by Crippen LogP contribution is -2.47. The van der Waals surface area contributed by atoms with Gasteiger partial charge in [0.1, 0.15) is 5.69 Å². The van der Waals surface area contributed by atoms with E-state index in [0.29, 0.717) is 25.1 Å². The highest BCUT2D eigenvalue weighted by molar-refractivity contribution is 5.95. The Balaban J connectivity index is 1.95. The lowest BCUT2D eigenvalue weighted by atomic mass is 9.98. The molecule has 0 spiro atoms. The zero-order valence-corrected chi connectivity index (χ0v) is 12.9. The fourth-order valence-electron chi connectivity index (χ4n) is 2.66. The quantitative estimate of drug-likeness (QED) is 0.874. The van der Waals surface area contributed by atoms with E-state index in [1.807, 2.05) is 0 Å². The largest absolute Gasteiger partial charge is 0.481 e. The van der Waals surface area contributed by atoms with Gasteiger partial charge in [-0.3, -0.25) is 14.4 Å². The fraction of sp³-hybridized carbons (Fsp3) is 0.533. The minimum Gasteiger partial charge on any atom is -0.481 e. The number of hydrogen-bond donors (Lipinski definition) is 1. The molecule has 1 aliphatic heterocycles. The Hall–Kier alpha value is -2.31. The molecule has 1 saturated heterocycles. The third-order valence-corrected chi connectivity index (χ3v) is 4.01. The van der Waals surface area contributed by atoms with Crippen molar-refractivity contribution in [1.29, 1.82) is 0 Å². The van der Waals surface area contributed by atoms with Gasteiger partial charge >= 0.3 is 5.97 Å². The third-order valence-electron chi connectivity index (χ3n) is 4.01. The Kier molecular flexibility index (Phi) is 4.85. The van der Waals surface area contributed by atoms with Crippen LogP contribution in [0.2, 0.25) is 0 Å². The number of carboxylic acids is 1. The maximum Gasteiger partial charge on any atom is 0.308 e. The molecule has 1 fully saturated rings. The Morgan fingerprint density at radius 1 is 1.41 bits per heavy atom. The highest BCUT2D eigenvalue weighted by Crippen LogP contribution is 2.17. The number of likely N-dealkylation sites (N-methyl/N-ethyl adjacent to an activating group) is 1. The van der Waals surface area contributed by atoms with Crippen LogP contribution in [0.25, 0.3) is 0 Å². The number of carbonyl (C=O) groups is 3. The van der Waals surface area contributed by atoms with Crippen molar-refractivity contribution in [3.05, 3.63) is 24.0 Å². The minimum atomic E-state index is -0.870. The number of carboxylic acid groups (broad SMARTS) is 1. The van der Waals surface area contributed by atoms with E-state index < -0.39 is 11.9 Å². The average Bonchev–Trinajstić information content (AvgIpc) is 2.92. The number of amides is 2. The lowest BCUT2D eigenvalue weighted by Gasteiger charge is -2.32. The summed E-state index contributed by atoms with van der Waals surface area (Å²) >= 11 is 0. The number of aromatic nitrogens is 1. The molecular weight excluding hydrogens is 286 g/mol. The summed E-state index contributed by atoms with van der Waals surface area (Å²) in [4.78, 5) is 38.5. The molecule has 0 radical (unpaired) electrons. The van der Waals surface area contributed by atoms with Crippen LogP contribution in [0, 0.1) is 5.92 Å². The number of aryl methyl sites for hydroxylation is 1. The number of carbonyl (C=O) groups excluding carboxylic acids is 2. The number of rotatable bonds is 4. The van der Waals surface area contributed by atoms with Crippen molar-refractivity contribution in [3.63, 3.8) is 0 Å². The van der Waals surface area contributed by atoms with Crippen LogP contribution in [0.15, 0.2) is 18.3 Å². The standard InChI is InChI=1S/C15H21N3O4/c1-16-7-4-6-12(16)14(20)17(2)10-13(19)18-8-3-5-11(9-18)15(21)22/h4,6-7,11H,3,5,8-10H2,1-2H3,(H,21,22). The van der Waals surface area contributed by atoms with Gasteiger partial charge in [0.15, 0.2) is 0 Å². The molecule has 1 unspecified atom stereocenters. The molecule has 0 bridgehead atoms. The predicted octanol–water partition coefficient (Wildman–Crippen LogP) is 0.420. The van der Waals surface area contributed by atoms with Gasteiger partial charge in [-0.2, -0.15) is 0 Å². The van der Waals surface area contributed by atoms with Gasteiger partial charge in [0.05, 0.1) is 12.5 Å². The lowest BCUT2D eigenvalue weighted by molar-refractivity contribution is -0.145. The first kappa shape index (κ1) is 16.1. The highest BCUT2D eigenvalue weighted by atomic mass is 16.4. The topological polar surface area (TPSA) is 82.9 Å². The van der Waals surface area contributed by atoms with Crippen molar-refractivity contribution in [1.82, 2.24) is 14.4 Å². The number of likely N-dealkylation sites (tertiary alicyclic amines) is 1. The van der Waals surface area contributed by atoms with Crippen molar-refractivity contribution in [3.8, 4) is 0 Å². The highest BCUT2D eigenvalue weighted by Gasteiger charge is 2.29. The molecule has 7 heteroatoms. The van der Waals surface area contributed by atoms with Gasteiger partial charge < -0.3 is 19.5 Å². The molecule has 2 heterocycles. The summed E-state index contributed by atoms with van der Waals surface area (Å²) in [6.07, 6.45) is 3.04. The van der Waals surface area contributed by atoms with Gasteiger partial charge in [-0.1, -0.05) is 0 Å². The zero-order chi connectivity index (χ0) is 16.3. The maximum absolute atomic E-state index is 12.3. The van der Waals surface area contributed by atoms with Gasteiger partial charge in [-0.25, -0.2) is 0 Å². The number of aliphatic carboxylic acids is 1. The first-order chi connectivity index (χ1) is 10.4. The molecule has 7 nitrogen and oxygen atoms in total. The zero-order valence-electron chi connectivity index (χ0n) is 12.9. The van der Waals surface area contributed by atoms with Crippen LogP contribution in [-0.4, -0.2) is 63.9 Å². The summed E-state index contributed by atoms with van der Waals surface area (Å²) in [5, 5.41) is 9.06. The van der Waals surface area contributed by atoms with Gasteiger partial charge in [0.25, 0.3) is 5.91 Å². The van der Waals surface area contributed by atoms with Crippen LogP contribution < -0.4 is 0 Å². The molecule has 0 aromatic carbocycles. The van der Waals surface area contributed by atoms with E-state index in [4.69, 9.17) is 5.11 Å². The Bertz CT molecular complexity index is 581. The van der Waals surface area contributed by atoms with Crippen LogP contribution in [0.1, 0.15) is 23.3 Å². The van der Waals surface area contributed by atoms with Crippen LogP contribution in [0.3, 0.4) is 0 Å². The van der Waals surface area contributed by atoms with E-state index in [0.717, 1.165) is 0 Å². The van der Waals surface area contributed by atoms with Gasteiger partial charge in [0, 0.05) is 33.4 Å². The first-order valence-corrected chi connectivity index (χ1v) is 7.27. The van der Waals surface area contributed by atoms with E-state index in [1.54, 1.807) is 37.0 Å². The smallest absolute Gasteiger partial charge is 0.308 e. The molecule has 1 aromatic rings. The molecule has 2 amide bonds. The van der Waals surface area contributed by atoms with Crippen molar-refractivity contribution in [2.75, 3.05) is 26.7 Å². The molecule has 2 rings (SSSR count). The second-order valence-electron chi connectivity index (χ2n) is 5.68. The fourth-order valence-corrected chi connectivity index (χ4v) is 2.66. The van der Waals surface area contributed by atoms with E-state index in [2.05, 4.69) is 0 Å². The summed E-state index contributed by atoms with van der Waals surface area (Å²) < 4.78 is 1.70. The Labute approximate surface area is 129 Å². The van der Waals surface area contributed by atoms with Crippen molar-refractivity contribution < 1.29 is 19.5 Å². The number of piperidine rings is 1. The minimum absolute atomic E-state index is 0.0453. The summed E-state index contributed by atoms with van der Waals surface area (Å²) in [5.41, 5.74) is 0.511. The summed E-state index contributed by atoms with van der Waals surface area (Å²) in [6.45, 7) is 0.728. The monoisotopic (exact) mass is 307 g/mol. The number of hydrogen-bond acceptors (Lipinski definition) is 3. The molecule has 0 aliphatic carbocycles.